The first-order chi connectivity index (χ1) is 45.5. The fourth-order valence-electron chi connectivity index (χ4n) is 16.2. The molecule has 2 aliphatic rings. The maximum atomic E-state index is 16.4. The second kappa shape index (κ2) is 38.8. The zero-order valence-electron chi connectivity index (χ0n) is 61.7. The van der Waals surface area contributed by atoms with Crippen molar-refractivity contribution in [3.8, 4) is 50.8 Å². The Morgan fingerprint density at radius 1 is 0.330 bits per heavy atom. The summed E-state index contributed by atoms with van der Waals surface area (Å²) in [6.07, 6.45) is 47.5. The van der Waals surface area contributed by atoms with Gasteiger partial charge in [0, 0.05) is 40.4 Å². The zero-order chi connectivity index (χ0) is 67.0. The summed E-state index contributed by atoms with van der Waals surface area (Å²) in [5, 5.41) is 0. The minimum atomic E-state index is -0.571. The van der Waals surface area contributed by atoms with Gasteiger partial charge < -0.3 is 0 Å². The smallest absolute Gasteiger partial charge is 0.174 e. The van der Waals surface area contributed by atoms with Gasteiger partial charge in [-0.25, -0.2) is 0 Å². The van der Waals surface area contributed by atoms with Crippen LogP contribution in [0.1, 0.15) is 356 Å². The summed E-state index contributed by atoms with van der Waals surface area (Å²) < 4.78 is 0. The number of thiophene rings is 4. The van der Waals surface area contributed by atoms with Crippen LogP contribution < -0.4 is 0 Å². The average molecular weight is 1350 g/mol. The molecule has 0 N–H and O–H groups in total. The van der Waals surface area contributed by atoms with Gasteiger partial charge in [-0.05, 0) is 146 Å². The molecule has 4 unspecified atom stereocenters. The fraction of sp³-hybridized carbons (Fsp3) is 0.659. The molecule has 2 aromatic carbocycles. The predicted molar refractivity (Wildman–Crippen MR) is 420 cm³/mol. The molecule has 2 aliphatic carbocycles. The largest absolute Gasteiger partial charge is 0.293 e. The number of carbonyl (C=O) groups is 2. The van der Waals surface area contributed by atoms with Crippen LogP contribution in [0.2, 0.25) is 0 Å². The molecule has 518 valence electrons. The van der Waals surface area contributed by atoms with Crippen LogP contribution in [0.5, 0.6) is 0 Å². The van der Waals surface area contributed by atoms with E-state index in [0.717, 1.165) is 86.2 Å². The Hall–Kier alpha value is -3.42. The van der Waals surface area contributed by atoms with E-state index in [4.69, 9.17) is 0 Å². The maximum Gasteiger partial charge on any atom is 0.174 e. The molecule has 0 amide bonds. The van der Waals surface area contributed by atoms with Crippen molar-refractivity contribution in [2.75, 3.05) is 0 Å². The summed E-state index contributed by atoms with van der Waals surface area (Å²) in [4.78, 5) is 42.0. The molecule has 0 saturated heterocycles. The number of unbranched alkanes of at least 4 members (excludes halogenated alkanes) is 18. The van der Waals surface area contributed by atoms with Crippen molar-refractivity contribution >= 4 is 56.9 Å². The van der Waals surface area contributed by atoms with E-state index in [1.807, 2.05) is 45.3 Å². The monoisotopic (exact) mass is 1350 g/mol. The van der Waals surface area contributed by atoms with Gasteiger partial charge in [-0.2, -0.15) is 0 Å². The van der Waals surface area contributed by atoms with Crippen LogP contribution in [0.3, 0.4) is 0 Å². The topological polar surface area (TPSA) is 34.1 Å². The number of benzene rings is 2. The standard InChI is InChI=1S/C88H130O2S4/c1-13-15-17-19-21-23-25-27-29-31-53-87(54-32-30-28-26-24-22-20-18-16-14-2)76-61-80(94-83(76)81-74(85(87)89)58-70(12)91-81)73-50-38-49-72(59-73)78-60-75-82(92-78)84-77(62-79(93-84)71-48-37-47-69(11)57-71)88(86(75)90,55-51-67(9)45-35-43-65(7)41-33-39-63(3)4)56-52-68(10)46-36-44-66(8)42-34-40-64(5)6/h37-38,47-50,57-68H,13-36,39-46,51-56H2,1-12H3. The van der Waals surface area contributed by atoms with Crippen LogP contribution in [0.4, 0.5) is 0 Å². The maximum absolute atomic E-state index is 16.4. The van der Waals surface area contributed by atoms with Crippen molar-refractivity contribution in [2.24, 2.45) is 35.5 Å². The van der Waals surface area contributed by atoms with Gasteiger partial charge in [0.15, 0.2) is 11.6 Å². The van der Waals surface area contributed by atoms with Crippen LogP contribution in [0, 0.1) is 49.4 Å². The van der Waals surface area contributed by atoms with Crippen LogP contribution >= 0.6 is 45.3 Å². The highest BCUT2D eigenvalue weighted by Crippen LogP contribution is 2.59. The molecule has 4 heterocycles. The third kappa shape index (κ3) is 21.3. The number of carbonyl (C=O) groups excluding carboxylic acids is 2. The highest BCUT2D eigenvalue weighted by Gasteiger charge is 2.49. The molecule has 0 bridgehead atoms. The first kappa shape index (κ1) is 76.3. The third-order valence-electron chi connectivity index (χ3n) is 22.4. The van der Waals surface area contributed by atoms with Gasteiger partial charge in [0.2, 0.25) is 0 Å². The van der Waals surface area contributed by atoms with Gasteiger partial charge in [0.25, 0.3) is 0 Å². The molecule has 0 fully saturated rings. The van der Waals surface area contributed by atoms with E-state index in [9.17, 15) is 0 Å². The number of aryl methyl sites for hydroxylation is 2. The van der Waals surface area contributed by atoms with Gasteiger partial charge in [-0.1, -0.05) is 323 Å². The molecule has 4 atom stereocenters. The van der Waals surface area contributed by atoms with E-state index < -0.39 is 10.8 Å². The molecule has 2 nitrogen and oxygen atoms in total. The Balaban J connectivity index is 1.11. The number of hydrogen-bond donors (Lipinski definition) is 0. The first-order valence-corrected chi connectivity index (χ1v) is 42.5. The summed E-state index contributed by atoms with van der Waals surface area (Å²) in [6, 6.07) is 27.9. The Bertz CT molecular complexity index is 3140. The zero-order valence-corrected chi connectivity index (χ0v) is 65.0. The number of rotatable bonds is 47. The van der Waals surface area contributed by atoms with Crippen LogP contribution in [-0.2, 0) is 10.8 Å². The molecule has 94 heavy (non-hydrogen) atoms. The van der Waals surface area contributed by atoms with Crippen LogP contribution in [-0.4, -0.2) is 11.6 Å². The van der Waals surface area contributed by atoms with Crippen molar-refractivity contribution in [3.63, 3.8) is 0 Å². The molecule has 0 spiro atoms. The summed E-state index contributed by atoms with van der Waals surface area (Å²) in [5.41, 5.74) is 8.44. The Morgan fingerprint density at radius 2 is 0.670 bits per heavy atom. The number of ketones is 2. The minimum Gasteiger partial charge on any atom is -0.293 e. The number of fused-ring (bicyclic) bond motifs is 6. The lowest BCUT2D eigenvalue weighted by molar-refractivity contribution is 0.0842. The van der Waals surface area contributed by atoms with Gasteiger partial charge in [0.1, 0.15) is 0 Å². The average Bonchev–Trinajstić information content (AvgIpc) is 1.54. The van der Waals surface area contributed by atoms with Gasteiger partial charge in [-0.15, -0.1) is 45.3 Å². The van der Waals surface area contributed by atoms with E-state index in [2.05, 4.69) is 156 Å². The van der Waals surface area contributed by atoms with Crippen LogP contribution in [0.25, 0.3) is 50.8 Å². The Labute approximate surface area is 591 Å². The Kier molecular flexibility index (Phi) is 31.5. The molecule has 0 radical (unpaired) electrons. The van der Waals surface area contributed by atoms with Crippen LogP contribution in [0.15, 0.2) is 72.8 Å². The highest BCUT2D eigenvalue weighted by atomic mass is 32.1. The van der Waals surface area contributed by atoms with Crippen molar-refractivity contribution in [2.45, 2.75) is 338 Å². The van der Waals surface area contributed by atoms with E-state index in [1.165, 1.54) is 265 Å². The van der Waals surface area contributed by atoms with E-state index >= 15 is 9.59 Å². The number of hydrogen-bond acceptors (Lipinski definition) is 6. The first-order valence-electron chi connectivity index (χ1n) is 39.3. The second-order valence-corrected chi connectivity index (χ2v) is 36.2. The summed E-state index contributed by atoms with van der Waals surface area (Å²) >= 11 is 7.56. The molecule has 8 rings (SSSR count). The molecule has 4 aromatic heterocycles. The minimum absolute atomic E-state index is 0.373. The highest BCUT2D eigenvalue weighted by molar-refractivity contribution is 7.26. The number of Topliss-reactive ketones (excluding diaryl/α,β-unsaturated/α-hetero) is 2. The molecular weight excluding hydrogens is 1220 g/mol. The van der Waals surface area contributed by atoms with Crippen molar-refractivity contribution < 1.29 is 9.59 Å². The SMILES string of the molecule is CCCCCCCCCCCCC1(CCCCCCCCCCCC)C(=O)c2cc(C)sc2-c2sc(-c3cccc(-c4cc5c(s4)-c4sc(-c6cccc(C)c6)cc4C(CCC(C)CCCC(C)CCCC(C)C)(CCC(C)CCCC(C)CCCC(C)C)C5=O)c3)cc21. The van der Waals surface area contributed by atoms with Crippen molar-refractivity contribution in [3.05, 3.63) is 105 Å². The van der Waals surface area contributed by atoms with Crippen molar-refractivity contribution in [1.82, 2.24) is 0 Å². The van der Waals surface area contributed by atoms with E-state index in [-0.39, 0.29) is 0 Å². The van der Waals surface area contributed by atoms with Crippen molar-refractivity contribution in [1.29, 1.82) is 0 Å². The quantitative estimate of drug-likeness (QED) is 0.0357. The fourth-order valence-corrected chi connectivity index (χ4v) is 21.2. The molecule has 6 aromatic rings. The lowest BCUT2D eigenvalue weighted by Crippen LogP contribution is -2.39. The normalized spacial score (nSPS) is 16.4. The summed E-state index contributed by atoms with van der Waals surface area (Å²) in [6.45, 7) is 28.4. The van der Waals surface area contributed by atoms with Gasteiger partial charge in [-0.3, -0.25) is 9.59 Å². The lowest BCUT2D eigenvalue weighted by Gasteiger charge is -2.38. The summed E-state index contributed by atoms with van der Waals surface area (Å²) in [5.74, 6) is 5.00. The molecule has 0 aliphatic heterocycles. The lowest BCUT2D eigenvalue weighted by atomic mass is 9.64. The third-order valence-corrected chi connectivity index (χ3v) is 27.3. The molecule has 6 heteroatoms. The Morgan fingerprint density at radius 3 is 1.10 bits per heavy atom. The predicted octanol–water partition coefficient (Wildman–Crippen LogP) is 30.5. The summed E-state index contributed by atoms with van der Waals surface area (Å²) in [7, 11) is 0. The van der Waals surface area contributed by atoms with Gasteiger partial charge >= 0.3 is 0 Å². The van der Waals surface area contributed by atoms with E-state index in [1.54, 1.807) is 0 Å². The van der Waals surface area contributed by atoms with E-state index in [0.29, 0.717) is 23.4 Å². The molecular formula is C88H130O2S4. The molecule has 0 saturated carbocycles. The van der Waals surface area contributed by atoms with Gasteiger partial charge in [0.05, 0.1) is 20.6 Å². The second-order valence-electron chi connectivity index (χ2n) is 31.8.